The van der Waals surface area contributed by atoms with Gasteiger partial charge in [0, 0.05) is 31.1 Å². The zero-order chi connectivity index (χ0) is 29.3. The molecular weight excluding hydrogens is 723 g/mol. The fraction of sp³-hybridized carbons (Fsp3) is 0.333. The van der Waals surface area contributed by atoms with Gasteiger partial charge in [-0.2, -0.15) is 61.1 Å². The topological polar surface area (TPSA) is 42.3 Å². The van der Waals surface area contributed by atoms with Crippen molar-refractivity contribution < 1.29 is 31.1 Å². The molecule has 220 valence electrons. The third-order valence-corrected chi connectivity index (χ3v) is 6.54. The van der Waals surface area contributed by atoms with Crippen LogP contribution in [-0.4, -0.2) is 45.4 Å². The van der Waals surface area contributed by atoms with E-state index in [1.165, 1.54) is 21.9 Å². The Morgan fingerprint density at radius 3 is 0.634 bits per heavy atom. The Labute approximate surface area is 275 Å². The van der Waals surface area contributed by atoms with Crippen molar-refractivity contribution in [1.82, 2.24) is 0 Å². The summed E-state index contributed by atoms with van der Waals surface area (Å²) < 4.78 is 0. The van der Waals surface area contributed by atoms with Crippen molar-refractivity contribution in [2.24, 2.45) is 0 Å². The van der Waals surface area contributed by atoms with Gasteiger partial charge in [-0.3, -0.25) is 0 Å². The Morgan fingerprint density at radius 2 is 0.512 bits per heavy atom. The van der Waals surface area contributed by atoms with E-state index in [9.17, 15) is 0 Å². The van der Waals surface area contributed by atoms with Crippen LogP contribution >= 0.6 is 0 Å². The Balaban J connectivity index is 0.000000833. The van der Waals surface area contributed by atoms with E-state index in [-0.39, 0.29) is 31.1 Å². The SMILES string of the molecule is CC[N-]CC.CC[N-]CC.CC[N-]CC.[U].c1ccc([B-](c2ccccc2)(c2ccccc2)c2ccccc2)cc1. The molecule has 3 nitrogen and oxygen atoms in total. The second-order valence-electron chi connectivity index (χ2n) is 9.08. The maximum Gasteiger partial charge on any atom is 0.108 e. The maximum absolute atomic E-state index is 3.97. The molecule has 0 saturated carbocycles. The maximum atomic E-state index is 3.97. The smallest absolute Gasteiger partial charge is 0.108 e. The van der Waals surface area contributed by atoms with Gasteiger partial charge in [-0.1, -0.05) is 163 Å². The predicted molar refractivity (Wildman–Crippen MR) is 183 cm³/mol. The summed E-state index contributed by atoms with van der Waals surface area (Å²) in [6.07, 6.45) is -1.22. The first-order valence-electron chi connectivity index (χ1n) is 14.9. The minimum absolute atomic E-state index is 0. The van der Waals surface area contributed by atoms with Gasteiger partial charge >= 0.3 is 0 Å². The van der Waals surface area contributed by atoms with Crippen LogP contribution in [0.4, 0.5) is 0 Å². The molecule has 0 atom stereocenters. The van der Waals surface area contributed by atoms with Crippen LogP contribution in [0.5, 0.6) is 0 Å². The molecule has 0 aliphatic carbocycles. The van der Waals surface area contributed by atoms with Crippen LogP contribution in [0.2, 0.25) is 0 Å². The Bertz CT molecular complexity index is 897. The molecule has 41 heavy (non-hydrogen) atoms. The van der Waals surface area contributed by atoms with Gasteiger partial charge in [0.2, 0.25) is 0 Å². The Kier molecular flexibility index (Phi) is 24.3. The minimum Gasteiger partial charge on any atom is -0.663 e. The fourth-order valence-corrected chi connectivity index (χ4v) is 4.79. The van der Waals surface area contributed by atoms with Crippen LogP contribution in [0, 0.1) is 31.1 Å². The van der Waals surface area contributed by atoms with E-state index in [0.29, 0.717) is 0 Å². The van der Waals surface area contributed by atoms with Gasteiger partial charge in [0.25, 0.3) is 0 Å². The van der Waals surface area contributed by atoms with Crippen molar-refractivity contribution in [1.29, 1.82) is 0 Å². The van der Waals surface area contributed by atoms with Crippen LogP contribution in [0.3, 0.4) is 0 Å². The second-order valence-corrected chi connectivity index (χ2v) is 9.08. The van der Waals surface area contributed by atoms with Crippen LogP contribution in [0.15, 0.2) is 121 Å². The Morgan fingerprint density at radius 1 is 0.341 bits per heavy atom. The van der Waals surface area contributed by atoms with E-state index < -0.39 is 6.15 Å². The van der Waals surface area contributed by atoms with Crippen LogP contribution in [0.25, 0.3) is 16.0 Å². The van der Waals surface area contributed by atoms with E-state index in [2.05, 4.69) is 137 Å². The zero-order valence-electron chi connectivity index (χ0n) is 26.2. The summed E-state index contributed by atoms with van der Waals surface area (Å²) >= 11 is 0. The molecule has 4 aromatic carbocycles. The first-order valence-corrected chi connectivity index (χ1v) is 14.9. The van der Waals surface area contributed by atoms with Crippen molar-refractivity contribution >= 4 is 28.0 Å². The fourth-order valence-electron chi connectivity index (χ4n) is 4.79. The van der Waals surface area contributed by atoms with E-state index >= 15 is 0 Å². The number of rotatable bonds is 10. The molecule has 0 radical (unpaired) electrons. The van der Waals surface area contributed by atoms with Gasteiger partial charge in [-0.25, -0.2) is 0 Å². The third-order valence-electron chi connectivity index (χ3n) is 6.54. The van der Waals surface area contributed by atoms with Crippen molar-refractivity contribution in [3.8, 4) is 0 Å². The Hall–Kier alpha value is -2.12. The molecule has 0 bridgehead atoms. The van der Waals surface area contributed by atoms with Crippen molar-refractivity contribution in [2.45, 2.75) is 41.5 Å². The summed E-state index contributed by atoms with van der Waals surface area (Å²) in [5.41, 5.74) is 5.36. The average Bonchev–Trinajstić information content (AvgIpc) is 3.02. The van der Waals surface area contributed by atoms with Crippen molar-refractivity contribution in [3.63, 3.8) is 0 Å². The van der Waals surface area contributed by atoms with Crippen LogP contribution < -0.4 is 21.9 Å². The average molecular weight is 774 g/mol. The van der Waals surface area contributed by atoms with E-state index in [1.54, 1.807) is 0 Å². The summed E-state index contributed by atoms with van der Waals surface area (Å²) in [5, 5.41) is 11.9. The first-order chi connectivity index (χ1) is 19.7. The van der Waals surface area contributed by atoms with E-state index in [1.807, 2.05) is 41.5 Å². The molecule has 4 rings (SSSR count). The monoisotopic (exact) mass is 773 g/mol. The number of benzene rings is 4. The van der Waals surface area contributed by atoms with E-state index in [4.69, 9.17) is 0 Å². The standard InChI is InChI=1S/C24H20B.3C4H10N.U/c1-5-13-21(14-6-1)25(22-15-7-2-8-16-22,23-17-9-3-10-18-23)24-19-11-4-12-20-24;3*1-3-5-4-2;/h1-20H;3*3-4H2,1-2H3;/q4*-1;. The summed E-state index contributed by atoms with van der Waals surface area (Å²) in [5.74, 6) is 0. The minimum atomic E-state index is -1.22. The molecule has 4 aromatic rings. The molecule has 0 saturated heterocycles. The zero-order valence-corrected chi connectivity index (χ0v) is 30.4. The summed E-state index contributed by atoms with van der Waals surface area (Å²) in [7, 11) is 0. The molecule has 0 aromatic heterocycles. The van der Waals surface area contributed by atoms with Gasteiger partial charge in [-0.15, -0.1) is 0 Å². The predicted octanol–water partition coefficient (Wildman–Crippen LogP) is 7.26. The molecular formula is C36H50BN3U-4. The normalized spacial score (nSPS) is 9.90. The van der Waals surface area contributed by atoms with Crippen molar-refractivity contribution in [2.75, 3.05) is 39.3 Å². The van der Waals surface area contributed by atoms with Gasteiger partial charge in [0.05, 0.1) is 0 Å². The number of hydrogen-bond donors (Lipinski definition) is 0. The largest absolute Gasteiger partial charge is 0.663 e. The molecule has 0 aliphatic rings. The van der Waals surface area contributed by atoms with Gasteiger partial charge in [0.1, 0.15) is 6.15 Å². The van der Waals surface area contributed by atoms with Gasteiger partial charge < -0.3 is 16.0 Å². The van der Waals surface area contributed by atoms with E-state index in [0.717, 1.165) is 39.3 Å². The molecule has 0 N–H and O–H groups in total. The molecule has 0 aliphatic heterocycles. The summed E-state index contributed by atoms with van der Waals surface area (Å²) in [6, 6.07) is 43.5. The molecule has 0 heterocycles. The first kappa shape index (κ1) is 38.9. The third kappa shape index (κ3) is 13.6. The van der Waals surface area contributed by atoms with Gasteiger partial charge in [0.15, 0.2) is 0 Å². The molecule has 0 unspecified atom stereocenters. The van der Waals surface area contributed by atoms with Crippen LogP contribution in [0.1, 0.15) is 41.5 Å². The molecule has 0 amide bonds. The quantitative estimate of drug-likeness (QED) is 0.153. The van der Waals surface area contributed by atoms with Crippen LogP contribution in [-0.2, 0) is 0 Å². The van der Waals surface area contributed by atoms with Crippen molar-refractivity contribution in [3.05, 3.63) is 137 Å². The second kappa shape index (κ2) is 25.6. The number of nitrogens with zero attached hydrogens (tertiary/aromatic N) is 3. The number of hydrogen-bond acceptors (Lipinski definition) is 0. The molecule has 0 fully saturated rings. The summed E-state index contributed by atoms with van der Waals surface area (Å²) in [4.78, 5) is 0. The van der Waals surface area contributed by atoms with Gasteiger partial charge in [-0.05, 0) is 0 Å². The molecule has 0 spiro atoms. The molecule has 5 heteroatoms. The summed E-state index contributed by atoms with van der Waals surface area (Å²) in [6.45, 7) is 18.1.